The Morgan fingerprint density at radius 2 is 1.81 bits per heavy atom. The zero-order valence-electron chi connectivity index (χ0n) is 21.4. The fraction of sp³-hybridized carbons (Fsp3) is 0.310. The van der Waals surface area contributed by atoms with Gasteiger partial charge in [-0.2, -0.15) is 19.9 Å². The number of hydrogen-bond donors (Lipinski definition) is 1. The molecule has 1 unspecified atom stereocenters. The number of nitrogens with zero attached hydrogens (tertiary/aromatic N) is 6. The molecule has 7 heteroatoms. The lowest BCUT2D eigenvalue weighted by molar-refractivity contribution is 0.651. The van der Waals surface area contributed by atoms with Crippen LogP contribution in [0.1, 0.15) is 74.4 Å². The lowest BCUT2D eigenvalue weighted by atomic mass is 9.76. The summed E-state index contributed by atoms with van der Waals surface area (Å²) in [6.07, 6.45) is 10.9. The van der Waals surface area contributed by atoms with Gasteiger partial charge < -0.3 is 4.40 Å². The number of H-pyrrole nitrogens is 1. The van der Waals surface area contributed by atoms with Crippen LogP contribution in [0.5, 0.6) is 0 Å². The first-order valence-corrected chi connectivity index (χ1v) is 12.6. The normalized spacial score (nSPS) is 13.4. The molecule has 182 valence electrons. The maximum Gasteiger partial charge on any atom is 0.136 e. The Labute approximate surface area is 210 Å². The van der Waals surface area contributed by atoms with E-state index in [0.29, 0.717) is 5.92 Å². The molecule has 1 atom stereocenters. The predicted octanol–water partition coefficient (Wildman–Crippen LogP) is 6.05. The molecule has 0 fully saturated rings. The smallest absolute Gasteiger partial charge is 0.136 e. The molecule has 1 N–H and O–H groups in total. The van der Waals surface area contributed by atoms with Crippen LogP contribution >= 0.6 is 0 Å². The van der Waals surface area contributed by atoms with E-state index in [1.54, 1.807) is 10.8 Å². The van der Waals surface area contributed by atoms with Gasteiger partial charge in [0.1, 0.15) is 5.65 Å². The number of benzene rings is 1. The Morgan fingerprint density at radius 1 is 0.944 bits per heavy atom. The van der Waals surface area contributed by atoms with Crippen molar-refractivity contribution in [2.24, 2.45) is 0 Å². The highest BCUT2D eigenvalue weighted by molar-refractivity contribution is 5.87. The van der Waals surface area contributed by atoms with Gasteiger partial charge in [-0.1, -0.05) is 52.8 Å². The third kappa shape index (κ3) is 3.58. The van der Waals surface area contributed by atoms with E-state index in [-0.39, 0.29) is 11.3 Å². The van der Waals surface area contributed by atoms with E-state index in [9.17, 15) is 0 Å². The molecular weight excluding hydrogens is 446 g/mol. The molecule has 0 aliphatic rings. The van der Waals surface area contributed by atoms with Gasteiger partial charge >= 0.3 is 0 Å². The largest absolute Gasteiger partial charge is 0.307 e. The Kier molecular flexibility index (Phi) is 5.18. The van der Waals surface area contributed by atoms with E-state index >= 15 is 0 Å². The van der Waals surface area contributed by atoms with E-state index < -0.39 is 0 Å². The molecule has 0 spiro atoms. The van der Waals surface area contributed by atoms with Crippen molar-refractivity contribution < 1.29 is 0 Å². The first kappa shape index (κ1) is 22.5. The fourth-order valence-electron chi connectivity index (χ4n) is 5.40. The van der Waals surface area contributed by atoms with Crippen molar-refractivity contribution in [1.82, 2.24) is 34.4 Å². The van der Waals surface area contributed by atoms with E-state index in [1.807, 2.05) is 18.5 Å². The van der Waals surface area contributed by atoms with Crippen LogP contribution in [-0.4, -0.2) is 34.4 Å². The number of aromatic nitrogens is 7. The fourth-order valence-corrected chi connectivity index (χ4v) is 5.40. The SMILES string of the molecule is CC(C)c1ccc2nc(CC(C)c3ccc(C(C)(C)c4cnn5ncccc45)c4cn[nH]c34)cn2c1. The van der Waals surface area contributed by atoms with Gasteiger partial charge in [-0.25, -0.2) is 4.98 Å². The Hall–Kier alpha value is -4.00. The lowest BCUT2D eigenvalue weighted by Gasteiger charge is -2.26. The molecule has 0 aliphatic carbocycles. The lowest BCUT2D eigenvalue weighted by Crippen LogP contribution is -2.19. The van der Waals surface area contributed by atoms with Crippen molar-refractivity contribution in [2.45, 2.75) is 58.3 Å². The van der Waals surface area contributed by atoms with Crippen molar-refractivity contribution in [1.29, 1.82) is 0 Å². The number of imidazole rings is 1. The first-order chi connectivity index (χ1) is 17.3. The molecule has 6 rings (SSSR count). The summed E-state index contributed by atoms with van der Waals surface area (Å²) in [5.74, 6) is 0.772. The van der Waals surface area contributed by atoms with Crippen LogP contribution in [0.3, 0.4) is 0 Å². The second kappa shape index (κ2) is 8.29. The third-order valence-electron chi connectivity index (χ3n) is 7.53. The minimum atomic E-state index is -0.273. The molecule has 5 aromatic heterocycles. The molecular formula is C29H31N7. The molecule has 5 heterocycles. The zero-order chi connectivity index (χ0) is 25.0. The van der Waals surface area contributed by atoms with E-state index in [0.717, 1.165) is 39.7 Å². The molecule has 0 amide bonds. The second-order valence-corrected chi connectivity index (χ2v) is 10.7. The molecule has 0 bridgehead atoms. The molecule has 36 heavy (non-hydrogen) atoms. The summed E-state index contributed by atoms with van der Waals surface area (Å²) >= 11 is 0. The van der Waals surface area contributed by atoms with Crippen molar-refractivity contribution in [3.8, 4) is 0 Å². The summed E-state index contributed by atoms with van der Waals surface area (Å²) in [6, 6.07) is 12.8. The van der Waals surface area contributed by atoms with Gasteiger partial charge in [-0.3, -0.25) is 5.10 Å². The van der Waals surface area contributed by atoms with Gasteiger partial charge in [0.05, 0.1) is 29.1 Å². The van der Waals surface area contributed by atoms with Crippen LogP contribution in [0.25, 0.3) is 22.1 Å². The van der Waals surface area contributed by atoms with Crippen LogP contribution in [0.2, 0.25) is 0 Å². The van der Waals surface area contributed by atoms with Gasteiger partial charge in [0.25, 0.3) is 0 Å². The quantitative estimate of drug-likeness (QED) is 0.317. The highest BCUT2D eigenvalue weighted by atomic mass is 15.4. The van der Waals surface area contributed by atoms with Gasteiger partial charge in [0.15, 0.2) is 0 Å². The highest BCUT2D eigenvalue weighted by Gasteiger charge is 2.30. The number of aromatic amines is 1. The van der Waals surface area contributed by atoms with Crippen LogP contribution in [0.4, 0.5) is 0 Å². The number of hydrogen-bond acceptors (Lipinski definition) is 4. The van der Waals surface area contributed by atoms with Crippen molar-refractivity contribution in [3.05, 3.63) is 95.3 Å². The summed E-state index contributed by atoms with van der Waals surface area (Å²) < 4.78 is 3.85. The third-order valence-corrected chi connectivity index (χ3v) is 7.53. The summed E-state index contributed by atoms with van der Waals surface area (Å²) in [4.78, 5) is 4.89. The Bertz CT molecular complexity index is 1700. The number of pyridine rings is 1. The van der Waals surface area contributed by atoms with Gasteiger partial charge in [-0.05, 0) is 53.1 Å². The number of fused-ring (bicyclic) bond motifs is 3. The van der Waals surface area contributed by atoms with Crippen LogP contribution in [0.15, 0.2) is 67.4 Å². The average Bonchev–Trinajstić information content (AvgIpc) is 3.60. The minimum Gasteiger partial charge on any atom is -0.307 e. The molecule has 6 aromatic rings. The molecule has 7 nitrogen and oxygen atoms in total. The van der Waals surface area contributed by atoms with E-state index in [4.69, 9.17) is 4.98 Å². The summed E-state index contributed by atoms with van der Waals surface area (Å²) in [5.41, 5.74) is 8.86. The zero-order valence-corrected chi connectivity index (χ0v) is 21.4. The summed E-state index contributed by atoms with van der Waals surface area (Å²) in [5, 5.41) is 17.7. The molecule has 0 aliphatic heterocycles. The van der Waals surface area contributed by atoms with Gasteiger partial charge in [0, 0.05) is 35.0 Å². The van der Waals surface area contributed by atoms with Crippen molar-refractivity contribution in [3.63, 3.8) is 0 Å². The van der Waals surface area contributed by atoms with Crippen molar-refractivity contribution >= 4 is 22.1 Å². The number of nitrogens with one attached hydrogen (secondary N) is 1. The standard InChI is InChI=1S/C29H31N7/c1-18(2)20-8-11-27-33-21(17-35(27)16-20)13-19(3)22-9-10-24(23-14-30-34-28(22)23)29(4,5)25-15-32-36-26(25)7-6-12-31-36/h6-12,14-19H,13H2,1-5H3,(H,30,34). The second-order valence-electron chi connectivity index (χ2n) is 10.7. The highest BCUT2D eigenvalue weighted by Crippen LogP contribution is 2.39. The molecule has 1 aromatic carbocycles. The number of rotatable bonds is 6. The van der Waals surface area contributed by atoms with E-state index in [1.165, 1.54) is 16.7 Å². The van der Waals surface area contributed by atoms with Crippen LogP contribution in [-0.2, 0) is 11.8 Å². The summed E-state index contributed by atoms with van der Waals surface area (Å²) in [6.45, 7) is 11.2. The maximum absolute atomic E-state index is 4.89. The monoisotopic (exact) mass is 477 g/mol. The van der Waals surface area contributed by atoms with Crippen LogP contribution in [0, 0.1) is 0 Å². The molecule has 0 saturated heterocycles. The molecule has 0 radical (unpaired) electrons. The predicted molar refractivity (Wildman–Crippen MR) is 143 cm³/mol. The van der Waals surface area contributed by atoms with Crippen LogP contribution < -0.4 is 0 Å². The topological polar surface area (TPSA) is 76.2 Å². The first-order valence-electron chi connectivity index (χ1n) is 12.6. The average molecular weight is 478 g/mol. The Morgan fingerprint density at radius 3 is 2.64 bits per heavy atom. The Balaban J connectivity index is 1.35. The van der Waals surface area contributed by atoms with E-state index in [2.05, 4.69) is 102 Å². The molecule has 0 saturated carbocycles. The summed E-state index contributed by atoms with van der Waals surface area (Å²) in [7, 11) is 0. The van der Waals surface area contributed by atoms with Gasteiger partial charge in [-0.15, -0.1) is 0 Å². The minimum absolute atomic E-state index is 0.273. The van der Waals surface area contributed by atoms with Gasteiger partial charge in [0.2, 0.25) is 0 Å². The van der Waals surface area contributed by atoms with Crippen molar-refractivity contribution in [2.75, 3.05) is 0 Å². The maximum atomic E-state index is 4.89.